The van der Waals surface area contributed by atoms with E-state index in [0.29, 0.717) is 23.9 Å². The van der Waals surface area contributed by atoms with Crippen molar-refractivity contribution in [2.24, 2.45) is 0 Å². The Kier molecular flexibility index (Phi) is 4.35. The van der Waals surface area contributed by atoms with Gasteiger partial charge in [0.05, 0.1) is 4.47 Å². The van der Waals surface area contributed by atoms with Gasteiger partial charge in [0.1, 0.15) is 11.7 Å². The predicted molar refractivity (Wildman–Crippen MR) is 75.3 cm³/mol. The summed E-state index contributed by atoms with van der Waals surface area (Å²) in [6, 6.07) is 0. The number of aromatic nitrogens is 2. The van der Waals surface area contributed by atoms with E-state index in [2.05, 4.69) is 25.9 Å². The summed E-state index contributed by atoms with van der Waals surface area (Å²) in [7, 11) is 0. The predicted octanol–water partition coefficient (Wildman–Crippen LogP) is 2.82. The Balaban J connectivity index is 1.95. The van der Waals surface area contributed by atoms with Gasteiger partial charge in [-0.3, -0.25) is 4.79 Å². The number of hydrogen-bond donors (Lipinski definition) is 0. The van der Waals surface area contributed by atoms with E-state index in [0.717, 1.165) is 4.47 Å². The van der Waals surface area contributed by atoms with Crippen LogP contribution in [0.25, 0.3) is 0 Å². The summed E-state index contributed by atoms with van der Waals surface area (Å²) >= 11 is 4.83. The normalized spacial score (nSPS) is 25.6. The van der Waals surface area contributed by atoms with E-state index in [-0.39, 0.29) is 12.1 Å². The van der Waals surface area contributed by atoms with Gasteiger partial charge >= 0.3 is 5.97 Å². The molecular weight excluding hydrogens is 332 g/mol. The third kappa shape index (κ3) is 3.60. The number of rotatable bonds is 4. The first-order chi connectivity index (χ1) is 8.92. The highest BCUT2D eigenvalue weighted by Crippen LogP contribution is 2.39. The van der Waals surface area contributed by atoms with Crippen molar-refractivity contribution in [1.82, 2.24) is 9.97 Å². The van der Waals surface area contributed by atoms with Gasteiger partial charge in [-0.25, -0.2) is 4.98 Å². The molecule has 1 aromatic heterocycles. The molecular formula is C12H15BrN2O3S. The summed E-state index contributed by atoms with van der Waals surface area (Å²) in [5.41, 5.74) is -0.404. The molecule has 1 aliphatic carbocycles. The van der Waals surface area contributed by atoms with Crippen LogP contribution in [0.15, 0.2) is 15.8 Å². The van der Waals surface area contributed by atoms with Crippen LogP contribution in [0.5, 0.6) is 5.88 Å². The van der Waals surface area contributed by atoms with Gasteiger partial charge in [-0.1, -0.05) is 11.8 Å². The molecule has 1 heterocycles. The lowest BCUT2D eigenvalue weighted by Crippen LogP contribution is -2.50. The van der Waals surface area contributed by atoms with E-state index >= 15 is 0 Å². The topological polar surface area (TPSA) is 61.3 Å². The molecule has 0 aromatic carbocycles. The third-order valence-electron chi connectivity index (χ3n) is 2.86. The highest BCUT2D eigenvalue weighted by atomic mass is 79.9. The second kappa shape index (κ2) is 5.66. The van der Waals surface area contributed by atoms with Crippen molar-refractivity contribution in [1.29, 1.82) is 0 Å². The first-order valence-corrected chi connectivity index (χ1v) is 7.86. The maximum absolute atomic E-state index is 11.0. The maximum atomic E-state index is 11.0. The molecule has 0 spiro atoms. The lowest BCUT2D eigenvalue weighted by atomic mass is 9.79. The monoisotopic (exact) mass is 346 g/mol. The first kappa shape index (κ1) is 14.6. The second-order valence-electron chi connectivity index (χ2n) is 4.70. The Bertz CT molecular complexity index is 492. The van der Waals surface area contributed by atoms with Gasteiger partial charge in [0.15, 0.2) is 5.16 Å². The minimum Gasteiger partial charge on any atom is -0.473 e. The molecule has 7 heteroatoms. The smallest absolute Gasteiger partial charge is 0.303 e. The summed E-state index contributed by atoms with van der Waals surface area (Å²) in [6.07, 6.45) is 4.96. The van der Waals surface area contributed by atoms with E-state index in [1.54, 1.807) is 6.20 Å². The van der Waals surface area contributed by atoms with Crippen LogP contribution in [0.2, 0.25) is 0 Å². The van der Waals surface area contributed by atoms with E-state index in [1.807, 2.05) is 13.2 Å². The number of nitrogens with zero attached hydrogens (tertiary/aromatic N) is 2. The van der Waals surface area contributed by atoms with Crippen molar-refractivity contribution in [3.63, 3.8) is 0 Å². The SMILES string of the molecule is CSc1ncc(Br)c(OC2CC(C)(OC(C)=O)C2)n1. The third-order valence-corrected chi connectivity index (χ3v) is 3.97. The molecule has 0 amide bonds. The van der Waals surface area contributed by atoms with E-state index in [1.165, 1.54) is 18.7 Å². The number of halogens is 1. The van der Waals surface area contributed by atoms with Crippen molar-refractivity contribution < 1.29 is 14.3 Å². The van der Waals surface area contributed by atoms with Gasteiger partial charge in [0.25, 0.3) is 0 Å². The van der Waals surface area contributed by atoms with Crippen LogP contribution >= 0.6 is 27.7 Å². The minimum absolute atomic E-state index is 0.0188. The summed E-state index contributed by atoms with van der Waals surface area (Å²) in [6.45, 7) is 3.34. The quantitative estimate of drug-likeness (QED) is 0.474. The molecule has 1 aromatic rings. The fourth-order valence-corrected chi connectivity index (χ4v) is 2.71. The van der Waals surface area contributed by atoms with Crippen LogP contribution in [-0.2, 0) is 9.53 Å². The van der Waals surface area contributed by atoms with Crippen molar-refractivity contribution >= 4 is 33.7 Å². The Morgan fingerprint density at radius 2 is 2.26 bits per heavy atom. The van der Waals surface area contributed by atoms with Crippen molar-refractivity contribution in [2.45, 2.75) is 43.6 Å². The van der Waals surface area contributed by atoms with Gasteiger partial charge in [0.2, 0.25) is 5.88 Å². The summed E-state index contributed by atoms with van der Waals surface area (Å²) < 4.78 is 11.8. The van der Waals surface area contributed by atoms with Crippen LogP contribution in [0.4, 0.5) is 0 Å². The molecule has 0 saturated heterocycles. The molecule has 2 rings (SSSR count). The van der Waals surface area contributed by atoms with E-state index in [4.69, 9.17) is 9.47 Å². The average Bonchev–Trinajstić information content (AvgIpc) is 2.29. The van der Waals surface area contributed by atoms with Gasteiger partial charge in [-0.05, 0) is 29.1 Å². The molecule has 19 heavy (non-hydrogen) atoms. The molecule has 1 saturated carbocycles. The van der Waals surface area contributed by atoms with E-state index < -0.39 is 5.60 Å². The Morgan fingerprint density at radius 1 is 1.58 bits per heavy atom. The molecule has 0 unspecified atom stereocenters. The zero-order chi connectivity index (χ0) is 14.0. The Morgan fingerprint density at radius 3 is 2.84 bits per heavy atom. The fraction of sp³-hybridized carbons (Fsp3) is 0.583. The molecule has 0 N–H and O–H groups in total. The maximum Gasteiger partial charge on any atom is 0.303 e. The van der Waals surface area contributed by atoms with Gasteiger partial charge in [-0.2, -0.15) is 4.98 Å². The summed E-state index contributed by atoms with van der Waals surface area (Å²) in [5.74, 6) is 0.281. The summed E-state index contributed by atoms with van der Waals surface area (Å²) in [5, 5.41) is 0.667. The van der Waals surface area contributed by atoms with Gasteiger partial charge in [0, 0.05) is 26.0 Å². The summed E-state index contributed by atoms with van der Waals surface area (Å²) in [4.78, 5) is 19.4. The standard InChI is InChI=1S/C12H15BrN2O3S/c1-7(16)18-12(2)4-8(5-12)17-10-9(13)6-14-11(15-10)19-3/h6,8H,4-5H2,1-3H3. The van der Waals surface area contributed by atoms with Crippen LogP contribution in [0.1, 0.15) is 26.7 Å². The lowest BCUT2D eigenvalue weighted by molar-refractivity contribution is -0.174. The highest BCUT2D eigenvalue weighted by Gasteiger charge is 2.45. The largest absolute Gasteiger partial charge is 0.473 e. The molecule has 0 bridgehead atoms. The molecule has 1 aliphatic rings. The fourth-order valence-electron chi connectivity index (χ4n) is 2.09. The number of carbonyl (C=O) groups excluding carboxylic acids is 1. The number of thioether (sulfide) groups is 1. The van der Waals surface area contributed by atoms with E-state index in [9.17, 15) is 4.79 Å². The van der Waals surface area contributed by atoms with Crippen LogP contribution in [-0.4, -0.2) is 33.9 Å². The number of ether oxygens (including phenoxy) is 2. The average molecular weight is 347 g/mol. The minimum atomic E-state index is -0.404. The Hall–Kier alpha value is -0.820. The second-order valence-corrected chi connectivity index (χ2v) is 6.33. The molecule has 1 fully saturated rings. The molecule has 0 radical (unpaired) electrons. The first-order valence-electron chi connectivity index (χ1n) is 5.84. The number of carbonyl (C=O) groups is 1. The van der Waals surface area contributed by atoms with Crippen molar-refractivity contribution in [3.05, 3.63) is 10.7 Å². The number of hydrogen-bond acceptors (Lipinski definition) is 6. The molecule has 0 atom stereocenters. The molecule has 104 valence electrons. The number of esters is 1. The van der Waals surface area contributed by atoms with Crippen LogP contribution < -0.4 is 4.74 Å². The highest BCUT2D eigenvalue weighted by molar-refractivity contribution is 9.10. The lowest BCUT2D eigenvalue weighted by Gasteiger charge is -2.43. The van der Waals surface area contributed by atoms with Crippen molar-refractivity contribution in [2.75, 3.05) is 6.26 Å². The van der Waals surface area contributed by atoms with Gasteiger partial charge < -0.3 is 9.47 Å². The Labute approximate surface area is 124 Å². The molecule has 5 nitrogen and oxygen atoms in total. The zero-order valence-corrected chi connectivity index (χ0v) is 13.4. The van der Waals surface area contributed by atoms with Crippen molar-refractivity contribution in [3.8, 4) is 5.88 Å². The van der Waals surface area contributed by atoms with Crippen LogP contribution in [0.3, 0.4) is 0 Å². The zero-order valence-electron chi connectivity index (χ0n) is 11.0. The van der Waals surface area contributed by atoms with Crippen LogP contribution in [0, 0.1) is 0 Å². The molecule has 0 aliphatic heterocycles. The van der Waals surface area contributed by atoms with Gasteiger partial charge in [-0.15, -0.1) is 0 Å².